The lowest BCUT2D eigenvalue weighted by Crippen LogP contribution is -2.30. The lowest BCUT2D eigenvalue weighted by atomic mass is 10.1. The highest BCUT2D eigenvalue weighted by Crippen LogP contribution is 2.17. The lowest BCUT2D eigenvalue weighted by molar-refractivity contribution is 0.548. The zero-order valence-corrected chi connectivity index (χ0v) is 11.5. The summed E-state index contributed by atoms with van der Waals surface area (Å²) in [6.45, 7) is 6.61. The summed E-state index contributed by atoms with van der Waals surface area (Å²) in [5.74, 6) is 0.172. The monoisotopic (exact) mass is 259 g/mol. The predicted molar refractivity (Wildman–Crippen MR) is 68.1 cm³/mol. The first-order chi connectivity index (χ1) is 8.02. The number of rotatable bonds is 7. The summed E-state index contributed by atoms with van der Waals surface area (Å²) < 4.78 is 27.9. The Morgan fingerprint density at radius 2 is 2.12 bits per heavy atom. The predicted octanol–water partition coefficient (Wildman–Crippen LogP) is 1.68. The summed E-state index contributed by atoms with van der Waals surface area (Å²) >= 11 is 0. The van der Waals surface area contributed by atoms with Gasteiger partial charge in [0, 0.05) is 24.3 Å². The molecule has 1 heterocycles. The summed E-state index contributed by atoms with van der Waals surface area (Å²) in [4.78, 5) is 0. The fourth-order valence-corrected chi connectivity index (χ4v) is 3.06. The molecule has 0 radical (unpaired) electrons. The Labute approximate surface area is 103 Å². The average molecular weight is 259 g/mol. The third kappa shape index (κ3) is 4.12. The molecule has 0 aromatic carbocycles. The van der Waals surface area contributed by atoms with Crippen LogP contribution in [-0.2, 0) is 16.6 Å². The second-order valence-electron chi connectivity index (χ2n) is 4.03. The van der Waals surface area contributed by atoms with E-state index in [1.807, 2.05) is 27.0 Å². The molecule has 1 aromatic rings. The van der Waals surface area contributed by atoms with Crippen LogP contribution in [0.15, 0.2) is 12.4 Å². The van der Waals surface area contributed by atoms with E-state index < -0.39 is 10.0 Å². The Morgan fingerprint density at radius 3 is 2.59 bits per heavy atom. The third-order valence-corrected chi connectivity index (χ3v) is 4.17. The van der Waals surface area contributed by atoms with Gasteiger partial charge < -0.3 is 0 Å². The number of nitrogens with zero attached hydrogens (tertiary/aromatic N) is 2. The Balaban J connectivity index is 2.78. The summed E-state index contributed by atoms with van der Waals surface area (Å²) in [6.07, 6.45) is 4.97. The van der Waals surface area contributed by atoms with Crippen LogP contribution in [0.1, 0.15) is 45.2 Å². The largest absolute Gasteiger partial charge is 0.273 e. The van der Waals surface area contributed by atoms with E-state index in [1.54, 1.807) is 10.9 Å². The van der Waals surface area contributed by atoms with E-state index in [9.17, 15) is 8.42 Å². The Kier molecular flexibility index (Phi) is 5.14. The summed E-state index contributed by atoms with van der Waals surface area (Å²) in [7, 11) is -3.18. The van der Waals surface area contributed by atoms with Gasteiger partial charge in [-0.15, -0.1) is 0 Å². The molecule has 0 spiro atoms. The number of aromatic nitrogens is 2. The van der Waals surface area contributed by atoms with Gasteiger partial charge in [0.2, 0.25) is 10.0 Å². The van der Waals surface area contributed by atoms with Crippen LogP contribution < -0.4 is 4.72 Å². The van der Waals surface area contributed by atoms with E-state index in [-0.39, 0.29) is 11.8 Å². The minimum atomic E-state index is -3.18. The lowest BCUT2D eigenvalue weighted by Gasteiger charge is -2.15. The van der Waals surface area contributed by atoms with Crippen molar-refractivity contribution in [2.45, 2.75) is 46.2 Å². The van der Waals surface area contributed by atoms with Crippen LogP contribution in [-0.4, -0.2) is 24.0 Å². The minimum Gasteiger partial charge on any atom is -0.273 e. The molecule has 1 atom stereocenters. The maximum atomic E-state index is 11.7. The van der Waals surface area contributed by atoms with Crippen molar-refractivity contribution in [3.8, 4) is 0 Å². The third-order valence-electron chi connectivity index (χ3n) is 2.58. The molecule has 0 fully saturated rings. The van der Waals surface area contributed by atoms with Gasteiger partial charge in [-0.1, -0.05) is 13.8 Å². The zero-order valence-electron chi connectivity index (χ0n) is 10.7. The molecular weight excluding hydrogens is 238 g/mol. The van der Waals surface area contributed by atoms with E-state index in [0.29, 0.717) is 6.42 Å². The number of nitrogens with one attached hydrogen (secondary N) is 1. The Hall–Kier alpha value is -0.880. The van der Waals surface area contributed by atoms with Gasteiger partial charge in [0.05, 0.1) is 11.9 Å². The van der Waals surface area contributed by atoms with E-state index >= 15 is 0 Å². The van der Waals surface area contributed by atoms with Gasteiger partial charge in [0.25, 0.3) is 0 Å². The van der Waals surface area contributed by atoms with Gasteiger partial charge in [-0.05, 0) is 19.8 Å². The topological polar surface area (TPSA) is 64.0 Å². The van der Waals surface area contributed by atoms with Crippen molar-refractivity contribution in [2.24, 2.45) is 0 Å². The molecule has 0 unspecified atom stereocenters. The Bertz CT molecular complexity index is 439. The maximum absolute atomic E-state index is 11.7. The molecule has 0 amide bonds. The van der Waals surface area contributed by atoms with Gasteiger partial charge in [-0.3, -0.25) is 4.68 Å². The molecule has 1 aromatic heterocycles. The van der Waals surface area contributed by atoms with Crippen LogP contribution in [0.4, 0.5) is 0 Å². The van der Waals surface area contributed by atoms with Crippen molar-refractivity contribution < 1.29 is 8.42 Å². The second kappa shape index (κ2) is 6.16. The molecule has 98 valence electrons. The standard InChI is InChI=1S/C11H21N3O2S/c1-4-7-17(15,16)13-11(5-2)10-8-12-14(6-3)9-10/h8-9,11,13H,4-7H2,1-3H3/t11-/m0/s1. The number of hydrogen-bond donors (Lipinski definition) is 1. The van der Waals surface area contributed by atoms with Crippen LogP contribution >= 0.6 is 0 Å². The van der Waals surface area contributed by atoms with Crippen LogP contribution in [0.2, 0.25) is 0 Å². The summed E-state index contributed by atoms with van der Waals surface area (Å²) in [6, 6.07) is -0.174. The molecule has 5 nitrogen and oxygen atoms in total. The quantitative estimate of drug-likeness (QED) is 0.810. The summed E-state index contributed by atoms with van der Waals surface area (Å²) in [5, 5.41) is 4.16. The highest BCUT2D eigenvalue weighted by molar-refractivity contribution is 7.89. The first-order valence-electron chi connectivity index (χ1n) is 6.04. The summed E-state index contributed by atoms with van der Waals surface area (Å²) in [5.41, 5.74) is 0.925. The minimum absolute atomic E-state index is 0.172. The van der Waals surface area contributed by atoms with Crippen molar-refractivity contribution in [1.82, 2.24) is 14.5 Å². The second-order valence-corrected chi connectivity index (χ2v) is 5.90. The van der Waals surface area contributed by atoms with E-state index in [4.69, 9.17) is 0 Å². The van der Waals surface area contributed by atoms with Gasteiger partial charge in [-0.25, -0.2) is 13.1 Å². The van der Waals surface area contributed by atoms with Crippen molar-refractivity contribution in [1.29, 1.82) is 0 Å². The molecule has 1 rings (SSSR count). The van der Waals surface area contributed by atoms with Crippen molar-refractivity contribution in [2.75, 3.05) is 5.75 Å². The van der Waals surface area contributed by atoms with Crippen LogP contribution in [0.25, 0.3) is 0 Å². The Morgan fingerprint density at radius 1 is 1.41 bits per heavy atom. The number of hydrogen-bond acceptors (Lipinski definition) is 3. The van der Waals surface area contributed by atoms with Crippen molar-refractivity contribution in [3.05, 3.63) is 18.0 Å². The van der Waals surface area contributed by atoms with Gasteiger partial charge >= 0.3 is 0 Å². The molecular formula is C11H21N3O2S. The molecule has 0 saturated heterocycles. The maximum Gasteiger partial charge on any atom is 0.212 e. The highest BCUT2D eigenvalue weighted by Gasteiger charge is 2.18. The number of sulfonamides is 1. The smallest absolute Gasteiger partial charge is 0.212 e. The van der Waals surface area contributed by atoms with Gasteiger partial charge in [-0.2, -0.15) is 5.10 Å². The molecule has 0 aliphatic heterocycles. The molecule has 0 saturated carbocycles. The molecule has 17 heavy (non-hydrogen) atoms. The average Bonchev–Trinajstić information content (AvgIpc) is 2.74. The van der Waals surface area contributed by atoms with Crippen LogP contribution in [0.5, 0.6) is 0 Å². The highest BCUT2D eigenvalue weighted by atomic mass is 32.2. The molecule has 0 aliphatic rings. The molecule has 6 heteroatoms. The number of aryl methyl sites for hydroxylation is 1. The normalized spacial score (nSPS) is 13.8. The molecule has 0 bridgehead atoms. The van der Waals surface area contributed by atoms with E-state index in [2.05, 4.69) is 9.82 Å². The fraction of sp³-hybridized carbons (Fsp3) is 0.727. The molecule has 1 N–H and O–H groups in total. The van der Waals surface area contributed by atoms with E-state index in [0.717, 1.165) is 18.5 Å². The zero-order chi connectivity index (χ0) is 12.9. The first-order valence-corrected chi connectivity index (χ1v) is 7.70. The van der Waals surface area contributed by atoms with E-state index in [1.165, 1.54) is 0 Å². The van der Waals surface area contributed by atoms with Crippen molar-refractivity contribution >= 4 is 10.0 Å². The van der Waals surface area contributed by atoms with Crippen molar-refractivity contribution in [3.63, 3.8) is 0 Å². The molecule has 0 aliphatic carbocycles. The van der Waals surface area contributed by atoms with Crippen LogP contribution in [0.3, 0.4) is 0 Å². The SMILES string of the molecule is CCCS(=O)(=O)N[C@@H](CC)c1cnn(CC)c1. The van der Waals surface area contributed by atoms with Crippen LogP contribution in [0, 0.1) is 0 Å². The van der Waals surface area contributed by atoms with Gasteiger partial charge in [0.15, 0.2) is 0 Å². The first kappa shape index (κ1) is 14.2. The fourth-order valence-electron chi connectivity index (χ4n) is 1.66. The van der Waals surface area contributed by atoms with Gasteiger partial charge in [0.1, 0.15) is 0 Å².